The lowest BCUT2D eigenvalue weighted by molar-refractivity contribution is -0.139. The zero-order valence-electron chi connectivity index (χ0n) is 17.0. The smallest absolute Gasteiger partial charge is 0.348 e. The van der Waals surface area contributed by atoms with Gasteiger partial charge in [0.25, 0.3) is 0 Å². The fourth-order valence-corrected chi connectivity index (χ4v) is 2.92. The van der Waals surface area contributed by atoms with Crippen LogP contribution in [0.4, 0.5) is 0 Å². The largest absolute Gasteiger partial charge is 0.459 e. The Morgan fingerprint density at radius 3 is 2.50 bits per heavy atom. The Labute approximate surface area is 176 Å². The van der Waals surface area contributed by atoms with Gasteiger partial charge in [0.1, 0.15) is 18.2 Å². The molecule has 0 aliphatic carbocycles. The number of carbonyl (C=O) groups is 1. The molecule has 0 spiro atoms. The van der Waals surface area contributed by atoms with Crippen molar-refractivity contribution >= 4 is 12.0 Å². The van der Waals surface area contributed by atoms with Gasteiger partial charge < -0.3 is 9.47 Å². The van der Waals surface area contributed by atoms with Gasteiger partial charge in [-0.2, -0.15) is 10.4 Å². The highest BCUT2D eigenvalue weighted by atomic mass is 16.6. The molecule has 0 N–H and O–H groups in total. The van der Waals surface area contributed by atoms with Crippen molar-refractivity contribution in [2.45, 2.75) is 13.3 Å². The Kier molecular flexibility index (Phi) is 7.14. The summed E-state index contributed by atoms with van der Waals surface area (Å²) >= 11 is 0. The minimum atomic E-state index is -0.686. The first-order chi connectivity index (χ1) is 14.7. The van der Waals surface area contributed by atoms with Crippen molar-refractivity contribution in [3.05, 3.63) is 77.5 Å². The molecule has 152 valence electrons. The van der Waals surface area contributed by atoms with E-state index in [-0.39, 0.29) is 18.8 Å². The van der Waals surface area contributed by atoms with Crippen LogP contribution in [0.15, 0.2) is 66.4 Å². The van der Waals surface area contributed by atoms with Gasteiger partial charge in [0.15, 0.2) is 0 Å². The normalized spacial score (nSPS) is 11.2. The molecular weight excluding hydrogens is 378 g/mol. The molecule has 0 aliphatic heterocycles. The number of para-hydroxylation sites is 1. The Bertz CT molecular complexity index is 1060. The Morgan fingerprint density at radius 1 is 1.13 bits per heavy atom. The van der Waals surface area contributed by atoms with Crippen molar-refractivity contribution in [3.8, 4) is 23.0 Å². The van der Waals surface area contributed by atoms with E-state index in [1.54, 1.807) is 10.9 Å². The van der Waals surface area contributed by atoms with Crippen LogP contribution in [0.1, 0.15) is 18.1 Å². The Hall–Kier alpha value is -3.69. The first-order valence-electron chi connectivity index (χ1n) is 9.68. The topological polar surface area (TPSA) is 77.1 Å². The number of ether oxygens (including phenoxy) is 2. The molecule has 0 fully saturated rings. The number of rotatable bonds is 8. The van der Waals surface area contributed by atoms with Crippen molar-refractivity contribution < 1.29 is 14.3 Å². The molecule has 3 rings (SSSR count). The number of benzene rings is 2. The van der Waals surface area contributed by atoms with Gasteiger partial charge in [-0.25, -0.2) is 9.48 Å². The van der Waals surface area contributed by atoms with Crippen LogP contribution in [0.25, 0.3) is 23.0 Å². The van der Waals surface area contributed by atoms with Gasteiger partial charge in [-0.1, -0.05) is 49.4 Å². The predicted octanol–water partition coefficient (Wildman–Crippen LogP) is 4.20. The average molecular weight is 401 g/mol. The fourth-order valence-electron chi connectivity index (χ4n) is 2.92. The minimum Gasteiger partial charge on any atom is -0.459 e. The molecule has 3 aromatic rings. The second-order valence-corrected chi connectivity index (χ2v) is 6.56. The van der Waals surface area contributed by atoms with Crippen LogP contribution in [-0.2, 0) is 20.7 Å². The van der Waals surface area contributed by atoms with Crippen LogP contribution >= 0.6 is 0 Å². The van der Waals surface area contributed by atoms with Crippen LogP contribution in [0.3, 0.4) is 0 Å². The van der Waals surface area contributed by atoms with Crippen molar-refractivity contribution in [1.82, 2.24) is 9.78 Å². The molecule has 0 radical (unpaired) electrons. The summed E-state index contributed by atoms with van der Waals surface area (Å²) in [5.41, 5.74) is 4.24. The standard InChI is InChI=1S/C24H23N3O3/c1-3-18-9-11-19(12-10-18)23-21(15-20(16-25)24(28)30-14-13-29-2)17-27(26-23)22-7-5-4-6-8-22/h4-12,15,17H,3,13-14H2,1-2H3/b20-15+. The van der Waals surface area contributed by atoms with E-state index in [1.807, 2.05) is 48.5 Å². The third-order valence-electron chi connectivity index (χ3n) is 4.56. The maximum absolute atomic E-state index is 12.3. The van der Waals surface area contributed by atoms with E-state index in [4.69, 9.17) is 14.6 Å². The van der Waals surface area contributed by atoms with Gasteiger partial charge in [-0.15, -0.1) is 0 Å². The highest BCUT2D eigenvalue weighted by Gasteiger charge is 2.16. The van der Waals surface area contributed by atoms with E-state index in [2.05, 4.69) is 19.1 Å². The first-order valence-corrected chi connectivity index (χ1v) is 9.68. The third-order valence-corrected chi connectivity index (χ3v) is 4.56. The average Bonchev–Trinajstić information content (AvgIpc) is 3.22. The molecule has 0 saturated heterocycles. The highest BCUT2D eigenvalue weighted by molar-refractivity contribution is 5.98. The number of esters is 1. The van der Waals surface area contributed by atoms with E-state index in [0.717, 1.165) is 17.7 Å². The van der Waals surface area contributed by atoms with Gasteiger partial charge in [-0.05, 0) is 30.2 Å². The van der Waals surface area contributed by atoms with Gasteiger partial charge in [0.2, 0.25) is 0 Å². The lowest BCUT2D eigenvalue weighted by Gasteiger charge is -2.04. The Balaban J connectivity index is 2.03. The molecule has 1 aromatic heterocycles. The number of nitrogens with zero attached hydrogens (tertiary/aromatic N) is 3. The summed E-state index contributed by atoms with van der Waals surface area (Å²) in [6, 6.07) is 19.7. The molecule has 0 bridgehead atoms. The zero-order valence-corrected chi connectivity index (χ0v) is 17.0. The summed E-state index contributed by atoms with van der Waals surface area (Å²) in [7, 11) is 1.52. The van der Waals surface area contributed by atoms with E-state index in [0.29, 0.717) is 11.3 Å². The summed E-state index contributed by atoms with van der Waals surface area (Å²) in [5, 5.41) is 14.2. The lowest BCUT2D eigenvalue weighted by Crippen LogP contribution is -2.11. The van der Waals surface area contributed by atoms with Gasteiger partial charge in [0, 0.05) is 24.4 Å². The SMILES string of the molecule is CCc1ccc(-c2nn(-c3ccccc3)cc2/C=C(\C#N)C(=O)OCCOC)cc1. The third kappa shape index (κ3) is 5.02. The summed E-state index contributed by atoms with van der Waals surface area (Å²) in [6.45, 7) is 2.45. The quantitative estimate of drug-likeness (QED) is 0.245. The van der Waals surface area contributed by atoms with E-state index in [9.17, 15) is 10.1 Å². The first kappa shape index (κ1) is 21.0. The number of aryl methyl sites for hydroxylation is 1. The molecule has 0 amide bonds. The number of hydrogen-bond acceptors (Lipinski definition) is 5. The molecule has 0 unspecified atom stereocenters. The van der Waals surface area contributed by atoms with Crippen molar-refractivity contribution in [2.24, 2.45) is 0 Å². The molecular formula is C24H23N3O3. The van der Waals surface area contributed by atoms with Crippen molar-refractivity contribution in [1.29, 1.82) is 5.26 Å². The van der Waals surface area contributed by atoms with Crippen LogP contribution in [0.5, 0.6) is 0 Å². The maximum Gasteiger partial charge on any atom is 0.348 e. The van der Waals surface area contributed by atoms with E-state index < -0.39 is 5.97 Å². The number of carbonyl (C=O) groups excluding carboxylic acids is 1. The number of nitriles is 1. The van der Waals surface area contributed by atoms with Crippen LogP contribution in [0, 0.1) is 11.3 Å². The van der Waals surface area contributed by atoms with Crippen LogP contribution in [0.2, 0.25) is 0 Å². The van der Waals surface area contributed by atoms with Crippen LogP contribution < -0.4 is 0 Å². The summed E-state index contributed by atoms with van der Waals surface area (Å²) in [5.74, 6) is -0.686. The highest BCUT2D eigenvalue weighted by Crippen LogP contribution is 2.26. The van der Waals surface area contributed by atoms with Gasteiger partial charge >= 0.3 is 5.97 Å². The minimum absolute atomic E-state index is 0.0863. The summed E-state index contributed by atoms with van der Waals surface area (Å²) < 4.78 is 11.7. The molecule has 6 heteroatoms. The second-order valence-electron chi connectivity index (χ2n) is 6.56. The molecule has 6 nitrogen and oxygen atoms in total. The Morgan fingerprint density at radius 2 is 1.87 bits per heavy atom. The van der Waals surface area contributed by atoms with Gasteiger partial charge in [-0.3, -0.25) is 0 Å². The van der Waals surface area contributed by atoms with Gasteiger partial charge in [0.05, 0.1) is 18.0 Å². The number of hydrogen-bond donors (Lipinski definition) is 0. The molecule has 0 saturated carbocycles. The lowest BCUT2D eigenvalue weighted by atomic mass is 10.0. The van der Waals surface area contributed by atoms with E-state index >= 15 is 0 Å². The molecule has 2 aromatic carbocycles. The molecule has 1 heterocycles. The predicted molar refractivity (Wildman–Crippen MR) is 115 cm³/mol. The van der Waals surface area contributed by atoms with Crippen LogP contribution in [-0.4, -0.2) is 36.1 Å². The molecule has 0 aliphatic rings. The zero-order chi connectivity index (χ0) is 21.3. The summed E-state index contributed by atoms with van der Waals surface area (Å²) in [4.78, 5) is 12.3. The van der Waals surface area contributed by atoms with E-state index in [1.165, 1.54) is 18.7 Å². The maximum atomic E-state index is 12.3. The monoisotopic (exact) mass is 401 g/mol. The molecule has 0 atom stereocenters. The number of methoxy groups -OCH3 is 1. The second kappa shape index (κ2) is 10.2. The van der Waals surface area contributed by atoms with Crippen molar-refractivity contribution in [3.63, 3.8) is 0 Å². The van der Waals surface area contributed by atoms with Crippen molar-refractivity contribution in [2.75, 3.05) is 20.3 Å². The fraction of sp³-hybridized carbons (Fsp3) is 0.208. The molecule has 30 heavy (non-hydrogen) atoms. The summed E-state index contributed by atoms with van der Waals surface area (Å²) in [6.07, 6.45) is 4.26. The number of aromatic nitrogens is 2.